The Hall–Kier alpha value is -2.54. The van der Waals surface area contributed by atoms with Gasteiger partial charge in [0.15, 0.2) is 17.4 Å². The van der Waals surface area contributed by atoms with Crippen molar-refractivity contribution in [2.75, 3.05) is 20.3 Å². The van der Waals surface area contributed by atoms with Crippen LogP contribution in [-0.2, 0) is 19.1 Å². The van der Waals surface area contributed by atoms with E-state index < -0.39 is 23.5 Å². The van der Waals surface area contributed by atoms with E-state index in [0.29, 0.717) is 22.5 Å². The van der Waals surface area contributed by atoms with Crippen molar-refractivity contribution in [3.63, 3.8) is 0 Å². The fraction of sp³-hybridized carbons (Fsp3) is 0.368. The minimum Gasteiger partial charge on any atom is -0.460 e. The van der Waals surface area contributed by atoms with Crippen LogP contribution in [0.3, 0.4) is 0 Å². The van der Waals surface area contributed by atoms with E-state index in [2.05, 4.69) is 5.32 Å². The van der Waals surface area contributed by atoms with Gasteiger partial charge in [-0.25, -0.2) is 13.6 Å². The number of carbonyl (C=O) groups excluding carboxylic acids is 2. The molecule has 2 rings (SSSR count). The lowest BCUT2D eigenvalue weighted by Crippen LogP contribution is -2.31. The number of ketones is 1. The van der Waals surface area contributed by atoms with Gasteiger partial charge in [-0.2, -0.15) is 0 Å². The molecule has 7 heteroatoms. The van der Waals surface area contributed by atoms with E-state index in [-0.39, 0.29) is 24.6 Å². The molecule has 0 spiro atoms. The van der Waals surface area contributed by atoms with Gasteiger partial charge in [0.05, 0.1) is 12.2 Å². The zero-order valence-corrected chi connectivity index (χ0v) is 15.1. The van der Waals surface area contributed by atoms with Gasteiger partial charge in [-0.3, -0.25) is 4.79 Å². The van der Waals surface area contributed by atoms with Gasteiger partial charge >= 0.3 is 5.97 Å². The van der Waals surface area contributed by atoms with Gasteiger partial charge in [0.2, 0.25) is 0 Å². The molecule has 1 unspecified atom stereocenters. The minimum atomic E-state index is -1.05. The van der Waals surface area contributed by atoms with Crippen LogP contribution < -0.4 is 5.32 Å². The maximum atomic E-state index is 13.8. The maximum Gasteiger partial charge on any atom is 0.336 e. The van der Waals surface area contributed by atoms with Gasteiger partial charge in [0.25, 0.3) is 0 Å². The molecular formula is C19H21F2NO4. The number of hydrogen-bond acceptors (Lipinski definition) is 5. The molecule has 1 atom stereocenters. The molecular weight excluding hydrogens is 344 g/mol. The molecule has 0 aliphatic carbocycles. The normalized spacial score (nSPS) is 17.2. The number of Topliss-reactive ketones (excluding diaryl/α,β-unsaturated/α-hetero) is 1. The molecule has 1 N–H and O–H groups in total. The molecule has 0 saturated heterocycles. The van der Waals surface area contributed by atoms with E-state index in [1.165, 1.54) is 20.1 Å². The molecule has 1 aliphatic heterocycles. The molecule has 140 valence electrons. The van der Waals surface area contributed by atoms with Crippen molar-refractivity contribution in [2.24, 2.45) is 0 Å². The van der Waals surface area contributed by atoms with Crippen LogP contribution in [0.4, 0.5) is 8.78 Å². The van der Waals surface area contributed by atoms with Crippen LogP contribution in [0.25, 0.3) is 0 Å². The summed E-state index contributed by atoms with van der Waals surface area (Å²) in [5.74, 6) is -3.82. The molecule has 1 aliphatic rings. The Balaban J connectivity index is 2.55. The Labute approximate surface area is 150 Å². The standard InChI is InChI=1S/C19H21F2NO4/c1-10-16(12(3)23)18(13-5-6-14(20)15(21)9-13)17(11(2)22-10)19(24)26-8-7-25-4/h5-6,9,18,22H,7-8H2,1-4H3. The summed E-state index contributed by atoms with van der Waals surface area (Å²) in [6, 6.07) is 3.33. The average molecular weight is 365 g/mol. The number of halogens is 2. The van der Waals surface area contributed by atoms with Crippen LogP contribution in [0.1, 0.15) is 32.3 Å². The topological polar surface area (TPSA) is 64.6 Å². The van der Waals surface area contributed by atoms with Crippen LogP contribution in [0, 0.1) is 11.6 Å². The van der Waals surface area contributed by atoms with Crippen molar-refractivity contribution >= 4 is 11.8 Å². The number of hydrogen-bond donors (Lipinski definition) is 1. The molecule has 0 aromatic heterocycles. The molecule has 0 bridgehead atoms. The fourth-order valence-corrected chi connectivity index (χ4v) is 3.05. The van der Waals surface area contributed by atoms with Crippen LogP contribution >= 0.6 is 0 Å². The van der Waals surface area contributed by atoms with E-state index in [0.717, 1.165) is 12.1 Å². The number of dihydropyridines is 1. The van der Waals surface area contributed by atoms with Crippen molar-refractivity contribution in [1.29, 1.82) is 0 Å². The molecule has 5 nitrogen and oxygen atoms in total. The van der Waals surface area contributed by atoms with E-state index in [1.54, 1.807) is 13.8 Å². The molecule has 0 saturated carbocycles. The van der Waals surface area contributed by atoms with Gasteiger partial charge in [0, 0.05) is 30.0 Å². The summed E-state index contributed by atoms with van der Waals surface area (Å²) in [6.07, 6.45) is 0. The number of rotatable bonds is 6. The second kappa shape index (κ2) is 8.23. The zero-order valence-electron chi connectivity index (χ0n) is 15.1. The van der Waals surface area contributed by atoms with Crippen molar-refractivity contribution in [3.8, 4) is 0 Å². The highest BCUT2D eigenvalue weighted by molar-refractivity contribution is 6.02. The second-order valence-corrected chi connectivity index (χ2v) is 5.99. The first-order chi connectivity index (χ1) is 12.3. The van der Waals surface area contributed by atoms with Crippen molar-refractivity contribution < 1.29 is 27.8 Å². The fourth-order valence-electron chi connectivity index (χ4n) is 3.05. The Bertz CT molecular complexity index is 799. The number of esters is 1. The van der Waals surface area contributed by atoms with Gasteiger partial charge in [0.1, 0.15) is 6.61 Å². The van der Waals surface area contributed by atoms with Crippen LogP contribution in [0.2, 0.25) is 0 Å². The lowest BCUT2D eigenvalue weighted by Gasteiger charge is -2.30. The SMILES string of the molecule is COCCOC(=O)C1=C(C)NC(C)=C(C(C)=O)C1c1ccc(F)c(F)c1. The number of carbonyl (C=O) groups is 2. The summed E-state index contributed by atoms with van der Waals surface area (Å²) in [6.45, 7) is 4.98. The summed E-state index contributed by atoms with van der Waals surface area (Å²) < 4.78 is 37.2. The van der Waals surface area contributed by atoms with E-state index >= 15 is 0 Å². The quantitative estimate of drug-likeness (QED) is 0.620. The first-order valence-electron chi connectivity index (χ1n) is 8.08. The Morgan fingerprint density at radius 3 is 2.31 bits per heavy atom. The van der Waals surface area contributed by atoms with E-state index in [1.807, 2.05) is 0 Å². The predicted octanol–water partition coefficient (Wildman–Crippen LogP) is 2.98. The first-order valence-corrected chi connectivity index (χ1v) is 8.08. The largest absolute Gasteiger partial charge is 0.460 e. The Morgan fingerprint density at radius 1 is 1.08 bits per heavy atom. The zero-order chi connectivity index (χ0) is 19.4. The third-order valence-electron chi connectivity index (χ3n) is 4.16. The lowest BCUT2D eigenvalue weighted by molar-refractivity contribution is -0.140. The average Bonchev–Trinajstić information content (AvgIpc) is 2.56. The minimum absolute atomic E-state index is 0.0364. The van der Waals surface area contributed by atoms with Crippen molar-refractivity contribution in [3.05, 3.63) is 57.9 Å². The third kappa shape index (κ3) is 3.99. The van der Waals surface area contributed by atoms with Crippen molar-refractivity contribution in [1.82, 2.24) is 5.32 Å². The number of methoxy groups -OCH3 is 1. The van der Waals surface area contributed by atoms with Gasteiger partial charge in [-0.05, 0) is 38.5 Å². The van der Waals surface area contributed by atoms with Crippen LogP contribution in [-0.4, -0.2) is 32.1 Å². The van der Waals surface area contributed by atoms with Gasteiger partial charge in [-0.15, -0.1) is 0 Å². The summed E-state index contributed by atoms with van der Waals surface area (Å²) in [7, 11) is 1.48. The summed E-state index contributed by atoms with van der Waals surface area (Å²) in [5.41, 5.74) is 1.83. The predicted molar refractivity (Wildman–Crippen MR) is 91.2 cm³/mol. The molecule has 1 heterocycles. The Morgan fingerprint density at radius 2 is 1.73 bits per heavy atom. The lowest BCUT2D eigenvalue weighted by atomic mass is 9.79. The first kappa shape index (κ1) is 19.8. The number of ether oxygens (including phenoxy) is 2. The van der Waals surface area contributed by atoms with E-state index in [4.69, 9.17) is 9.47 Å². The highest BCUT2D eigenvalue weighted by atomic mass is 19.2. The summed E-state index contributed by atoms with van der Waals surface area (Å²) in [4.78, 5) is 24.8. The number of nitrogens with one attached hydrogen (secondary N) is 1. The van der Waals surface area contributed by atoms with Crippen LogP contribution in [0.15, 0.2) is 40.7 Å². The van der Waals surface area contributed by atoms with E-state index in [9.17, 15) is 18.4 Å². The number of allylic oxidation sites excluding steroid dienone is 3. The maximum absolute atomic E-state index is 13.8. The van der Waals surface area contributed by atoms with Crippen molar-refractivity contribution in [2.45, 2.75) is 26.7 Å². The highest BCUT2D eigenvalue weighted by Gasteiger charge is 2.36. The monoisotopic (exact) mass is 365 g/mol. The van der Waals surface area contributed by atoms with Gasteiger partial charge in [-0.1, -0.05) is 6.07 Å². The van der Waals surface area contributed by atoms with Gasteiger partial charge < -0.3 is 14.8 Å². The number of benzene rings is 1. The molecule has 1 aromatic carbocycles. The molecule has 26 heavy (non-hydrogen) atoms. The summed E-state index contributed by atoms with van der Waals surface area (Å²) in [5, 5.41) is 3.00. The molecule has 0 radical (unpaired) electrons. The summed E-state index contributed by atoms with van der Waals surface area (Å²) >= 11 is 0. The molecule has 0 amide bonds. The molecule has 0 fully saturated rings. The highest BCUT2D eigenvalue weighted by Crippen LogP contribution is 2.39. The Kier molecular flexibility index (Phi) is 6.26. The smallest absolute Gasteiger partial charge is 0.336 e. The molecule has 1 aromatic rings. The van der Waals surface area contributed by atoms with Crippen LogP contribution in [0.5, 0.6) is 0 Å². The second-order valence-electron chi connectivity index (χ2n) is 5.99. The third-order valence-corrected chi connectivity index (χ3v) is 4.16.